The highest BCUT2D eigenvalue weighted by Gasteiger charge is 2.08. The fourth-order valence-electron chi connectivity index (χ4n) is 1.78. The van der Waals surface area contributed by atoms with E-state index in [1.54, 1.807) is 48.5 Å². The van der Waals surface area contributed by atoms with Gasteiger partial charge in [0, 0.05) is 0 Å². The van der Waals surface area contributed by atoms with E-state index < -0.39 is 11.8 Å². The molecule has 0 atom stereocenters. The summed E-state index contributed by atoms with van der Waals surface area (Å²) in [6, 6.07) is 17.5. The molecule has 0 unspecified atom stereocenters. The number of rotatable bonds is 6. The predicted octanol–water partition coefficient (Wildman–Crippen LogP) is 1.69. The van der Waals surface area contributed by atoms with Crippen LogP contribution in [0, 0.1) is 11.3 Å². The van der Waals surface area contributed by atoms with E-state index >= 15 is 0 Å². The van der Waals surface area contributed by atoms with Crippen molar-refractivity contribution in [2.75, 3.05) is 18.5 Å². The summed E-state index contributed by atoms with van der Waals surface area (Å²) in [6.07, 6.45) is 0. The number of hydrogen-bond acceptors (Lipinski definition) is 4. The van der Waals surface area contributed by atoms with Crippen LogP contribution in [0.15, 0.2) is 54.6 Å². The van der Waals surface area contributed by atoms with Crippen molar-refractivity contribution in [1.29, 1.82) is 5.26 Å². The number of para-hydroxylation sites is 2. The Morgan fingerprint density at radius 1 is 1.00 bits per heavy atom. The lowest BCUT2D eigenvalue weighted by Crippen LogP contribution is -2.35. The van der Waals surface area contributed by atoms with E-state index in [9.17, 15) is 9.59 Å². The summed E-state index contributed by atoms with van der Waals surface area (Å²) in [5, 5.41) is 14.0. The second-order valence-corrected chi connectivity index (χ2v) is 4.58. The minimum atomic E-state index is -0.416. The molecule has 0 fully saturated rings. The van der Waals surface area contributed by atoms with Crippen LogP contribution >= 0.6 is 0 Å². The standard InChI is InChI=1S/C17H15N3O3/c18-10-13-6-4-5-9-15(13)20-16(21)11-19-17(22)12-23-14-7-2-1-3-8-14/h1-9H,11-12H2,(H,19,22)(H,20,21). The first-order chi connectivity index (χ1) is 11.2. The third-order valence-corrected chi connectivity index (χ3v) is 2.88. The van der Waals surface area contributed by atoms with Crippen molar-refractivity contribution in [1.82, 2.24) is 5.32 Å². The third-order valence-electron chi connectivity index (χ3n) is 2.88. The highest BCUT2D eigenvalue weighted by Crippen LogP contribution is 2.13. The quantitative estimate of drug-likeness (QED) is 0.849. The van der Waals surface area contributed by atoms with Gasteiger partial charge in [0.2, 0.25) is 5.91 Å². The molecule has 6 nitrogen and oxygen atoms in total. The lowest BCUT2D eigenvalue weighted by molar-refractivity contribution is -0.125. The summed E-state index contributed by atoms with van der Waals surface area (Å²) in [4.78, 5) is 23.4. The van der Waals surface area contributed by atoms with Gasteiger partial charge in [0.25, 0.3) is 5.91 Å². The van der Waals surface area contributed by atoms with Gasteiger partial charge in [-0.3, -0.25) is 9.59 Å². The summed E-state index contributed by atoms with van der Waals surface area (Å²) < 4.78 is 5.27. The number of anilines is 1. The van der Waals surface area contributed by atoms with E-state index in [1.165, 1.54) is 0 Å². The summed E-state index contributed by atoms with van der Waals surface area (Å²) in [7, 11) is 0. The topological polar surface area (TPSA) is 91.2 Å². The Balaban J connectivity index is 1.76. The van der Waals surface area contributed by atoms with Gasteiger partial charge < -0.3 is 15.4 Å². The number of carbonyl (C=O) groups is 2. The van der Waals surface area contributed by atoms with E-state index in [1.807, 2.05) is 12.1 Å². The highest BCUT2D eigenvalue weighted by atomic mass is 16.5. The highest BCUT2D eigenvalue weighted by molar-refractivity contribution is 5.95. The average Bonchev–Trinajstić information content (AvgIpc) is 2.59. The molecule has 2 N–H and O–H groups in total. The van der Waals surface area contributed by atoms with Crippen LogP contribution in [-0.4, -0.2) is 25.0 Å². The van der Waals surface area contributed by atoms with Gasteiger partial charge in [-0.2, -0.15) is 5.26 Å². The first-order valence-corrected chi connectivity index (χ1v) is 6.92. The fourth-order valence-corrected chi connectivity index (χ4v) is 1.78. The maximum absolute atomic E-state index is 11.8. The van der Waals surface area contributed by atoms with E-state index in [0.717, 1.165) is 0 Å². The van der Waals surface area contributed by atoms with Crippen molar-refractivity contribution < 1.29 is 14.3 Å². The average molecular weight is 309 g/mol. The zero-order chi connectivity index (χ0) is 16.5. The Morgan fingerprint density at radius 2 is 1.70 bits per heavy atom. The summed E-state index contributed by atoms with van der Waals surface area (Å²) in [5.74, 6) is -0.242. The zero-order valence-corrected chi connectivity index (χ0v) is 12.3. The van der Waals surface area contributed by atoms with E-state index in [-0.39, 0.29) is 13.2 Å². The normalized spacial score (nSPS) is 9.52. The first-order valence-electron chi connectivity index (χ1n) is 6.92. The number of ether oxygens (including phenoxy) is 1. The summed E-state index contributed by atoms with van der Waals surface area (Å²) in [5.41, 5.74) is 0.773. The number of nitrogens with zero attached hydrogens (tertiary/aromatic N) is 1. The van der Waals surface area contributed by atoms with Crippen molar-refractivity contribution in [3.8, 4) is 11.8 Å². The lowest BCUT2D eigenvalue weighted by atomic mass is 10.2. The maximum Gasteiger partial charge on any atom is 0.258 e. The van der Waals surface area contributed by atoms with Gasteiger partial charge in [0.1, 0.15) is 11.8 Å². The van der Waals surface area contributed by atoms with Crippen molar-refractivity contribution >= 4 is 17.5 Å². The van der Waals surface area contributed by atoms with Crippen LogP contribution in [0.4, 0.5) is 5.69 Å². The Labute approximate surface area is 133 Å². The van der Waals surface area contributed by atoms with Gasteiger partial charge in [-0.15, -0.1) is 0 Å². The van der Waals surface area contributed by atoms with Crippen molar-refractivity contribution in [2.24, 2.45) is 0 Å². The van der Waals surface area contributed by atoms with Crippen molar-refractivity contribution in [2.45, 2.75) is 0 Å². The van der Waals surface area contributed by atoms with Crippen LogP contribution in [0.5, 0.6) is 5.75 Å². The molecule has 2 amide bonds. The SMILES string of the molecule is N#Cc1ccccc1NC(=O)CNC(=O)COc1ccccc1. The maximum atomic E-state index is 11.8. The molecular formula is C17H15N3O3. The molecule has 2 aromatic rings. The molecule has 0 heterocycles. The van der Waals surface area contributed by atoms with Crippen LogP contribution in [0.2, 0.25) is 0 Å². The zero-order valence-electron chi connectivity index (χ0n) is 12.3. The minimum absolute atomic E-state index is 0.175. The number of nitriles is 1. The molecule has 0 saturated heterocycles. The van der Waals surface area contributed by atoms with Gasteiger partial charge in [0.05, 0.1) is 17.8 Å². The van der Waals surface area contributed by atoms with Crippen molar-refractivity contribution in [3.63, 3.8) is 0 Å². The van der Waals surface area contributed by atoms with Crippen LogP contribution in [0.25, 0.3) is 0 Å². The molecule has 0 aromatic heterocycles. The molecule has 0 bridgehead atoms. The Bertz CT molecular complexity index is 723. The third kappa shape index (κ3) is 5.17. The largest absolute Gasteiger partial charge is 0.484 e. The van der Waals surface area contributed by atoms with Crippen LogP contribution in [0.1, 0.15) is 5.56 Å². The number of benzene rings is 2. The number of amides is 2. The molecule has 0 aliphatic carbocycles. The molecular weight excluding hydrogens is 294 g/mol. The van der Waals surface area contributed by atoms with Gasteiger partial charge in [-0.1, -0.05) is 30.3 Å². The van der Waals surface area contributed by atoms with Crippen molar-refractivity contribution in [3.05, 3.63) is 60.2 Å². The van der Waals surface area contributed by atoms with Crippen LogP contribution in [0.3, 0.4) is 0 Å². The summed E-state index contributed by atoms with van der Waals surface area (Å²) >= 11 is 0. The molecule has 0 radical (unpaired) electrons. The van der Waals surface area contributed by atoms with Crippen LogP contribution in [-0.2, 0) is 9.59 Å². The second kappa shape index (κ2) is 8.20. The Kier molecular flexibility index (Phi) is 5.72. The number of hydrogen-bond donors (Lipinski definition) is 2. The van der Waals surface area contributed by atoms with E-state index in [2.05, 4.69) is 10.6 Å². The summed E-state index contributed by atoms with van der Waals surface area (Å²) in [6.45, 7) is -0.372. The smallest absolute Gasteiger partial charge is 0.258 e. The molecule has 116 valence electrons. The fraction of sp³-hybridized carbons (Fsp3) is 0.118. The molecule has 0 aliphatic heterocycles. The second-order valence-electron chi connectivity index (χ2n) is 4.58. The van der Waals surface area contributed by atoms with Gasteiger partial charge in [-0.25, -0.2) is 0 Å². The minimum Gasteiger partial charge on any atom is -0.484 e. The molecule has 2 rings (SSSR count). The predicted molar refractivity (Wildman–Crippen MR) is 84.7 cm³/mol. The molecule has 23 heavy (non-hydrogen) atoms. The number of nitrogens with one attached hydrogen (secondary N) is 2. The van der Waals surface area contributed by atoms with Gasteiger partial charge in [-0.05, 0) is 24.3 Å². The van der Waals surface area contributed by atoms with Crippen LogP contribution < -0.4 is 15.4 Å². The monoisotopic (exact) mass is 309 g/mol. The molecule has 6 heteroatoms. The molecule has 0 spiro atoms. The van der Waals surface area contributed by atoms with Gasteiger partial charge >= 0.3 is 0 Å². The van der Waals surface area contributed by atoms with E-state index in [4.69, 9.17) is 10.00 Å². The number of carbonyl (C=O) groups excluding carboxylic acids is 2. The lowest BCUT2D eigenvalue weighted by Gasteiger charge is -2.09. The molecule has 2 aromatic carbocycles. The first kappa shape index (κ1) is 16.0. The Hall–Kier alpha value is -3.33. The van der Waals surface area contributed by atoms with E-state index in [0.29, 0.717) is 17.0 Å². The molecule has 0 aliphatic rings. The Morgan fingerprint density at radius 3 is 2.43 bits per heavy atom. The van der Waals surface area contributed by atoms with Gasteiger partial charge in [0.15, 0.2) is 6.61 Å². The molecule has 0 saturated carbocycles.